The molecular formula is C16H16ClN3O2. The third kappa shape index (κ3) is 2.51. The van der Waals surface area contributed by atoms with Gasteiger partial charge in [0.15, 0.2) is 22.5 Å². The fourth-order valence-electron chi connectivity index (χ4n) is 2.91. The van der Waals surface area contributed by atoms with Crippen molar-refractivity contribution < 1.29 is 9.15 Å². The number of halogens is 1. The second-order valence-corrected chi connectivity index (χ2v) is 5.86. The Morgan fingerprint density at radius 1 is 1.27 bits per heavy atom. The van der Waals surface area contributed by atoms with Crippen LogP contribution in [0.3, 0.4) is 0 Å². The summed E-state index contributed by atoms with van der Waals surface area (Å²) < 4.78 is 13.5. The summed E-state index contributed by atoms with van der Waals surface area (Å²) in [6.07, 6.45) is 5.37. The van der Waals surface area contributed by atoms with E-state index in [0.29, 0.717) is 11.0 Å². The van der Waals surface area contributed by atoms with Gasteiger partial charge in [-0.05, 0) is 55.1 Å². The standard InChI is InChI=1S/C16H16ClN3O2/c17-14-7-6-13(22-14)16-19-12-5-3-8-18-15(12)20(16)10-11-4-1-2-9-21-11/h3,5-8,11H,1-2,4,9-10H2. The van der Waals surface area contributed by atoms with Gasteiger partial charge < -0.3 is 13.7 Å². The van der Waals surface area contributed by atoms with Crippen LogP contribution in [0.4, 0.5) is 0 Å². The van der Waals surface area contributed by atoms with Gasteiger partial charge in [0.25, 0.3) is 0 Å². The quantitative estimate of drug-likeness (QED) is 0.735. The van der Waals surface area contributed by atoms with Crippen LogP contribution in [0.2, 0.25) is 5.22 Å². The van der Waals surface area contributed by atoms with Crippen LogP contribution in [-0.4, -0.2) is 27.2 Å². The molecule has 1 unspecified atom stereocenters. The molecule has 4 rings (SSSR count). The molecule has 0 spiro atoms. The average Bonchev–Trinajstić information content (AvgIpc) is 3.13. The number of pyridine rings is 1. The lowest BCUT2D eigenvalue weighted by Gasteiger charge is -2.23. The van der Waals surface area contributed by atoms with Crippen LogP contribution in [0.5, 0.6) is 0 Å². The van der Waals surface area contributed by atoms with Crippen molar-refractivity contribution in [3.05, 3.63) is 35.7 Å². The van der Waals surface area contributed by atoms with E-state index in [2.05, 4.69) is 14.5 Å². The molecule has 0 aliphatic carbocycles. The Kier molecular flexibility index (Phi) is 3.60. The van der Waals surface area contributed by atoms with E-state index in [1.54, 1.807) is 12.3 Å². The number of hydrogen-bond donors (Lipinski definition) is 0. The van der Waals surface area contributed by atoms with Crippen LogP contribution >= 0.6 is 11.6 Å². The van der Waals surface area contributed by atoms with E-state index in [4.69, 9.17) is 20.8 Å². The van der Waals surface area contributed by atoms with Gasteiger partial charge in [0.05, 0.1) is 12.6 Å². The molecule has 0 bridgehead atoms. The second-order valence-electron chi connectivity index (χ2n) is 5.48. The lowest BCUT2D eigenvalue weighted by atomic mass is 10.1. The highest BCUT2D eigenvalue weighted by atomic mass is 35.5. The molecule has 22 heavy (non-hydrogen) atoms. The highest BCUT2D eigenvalue weighted by molar-refractivity contribution is 6.28. The number of aromatic nitrogens is 3. The maximum atomic E-state index is 5.91. The molecule has 0 saturated carbocycles. The fourth-order valence-corrected chi connectivity index (χ4v) is 3.06. The first-order chi connectivity index (χ1) is 10.8. The Balaban J connectivity index is 1.79. The van der Waals surface area contributed by atoms with Gasteiger partial charge in [0, 0.05) is 12.8 Å². The van der Waals surface area contributed by atoms with Gasteiger partial charge in [-0.1, -0.05) is 0 Å². The molecule has 114 valence electrons. The first kappa shape index (κ1) is 13.8. The monoisotopic (exact) mass is 317 g/mol. The summed E-state index contributed by atoms with van der Waals surface area (Å²) in [6.45, 7) is 1.55. The fraction of sp³-hybridized carbons (Fsp3) is 0.375. The zero-order valence-electron chi connectivity index (χ0n) is 12.0. The van der Waals surface area contributed by atoms with E-state index in [-0.39, 0.29) is 6.10 Å². The SMILES string of the molecule is Clc1ccc(-c2nc3cccnc3n2CC2CCCCO2)o1. The molecule has 0 aromatic carbocycles. The Morgan fingerprint density at radius 2 is 2.23 bits per heavy atom. The van der Waals surface area contributed by atoms with E-state index < -0.39 is 0 Å². The van der Waals surface area contributed by atoms with Crippen LogP contribution in [0.25, 0.3) is 22.7 Å². The van der Waals surface area contributed by atoms with Crippen LogP contribution in [0, 0.1) is 0 Å². The maximum absolute atomic E-state index is 5.91. The summed E-state index contributed by atoms with van der Waals surface area (Å²) in [4.78, 5) is 9.12. The zero-order chi connectivity index (χ0) is 14.9. The predicted octanol–water partition coefficient (Wildman–Crippen LogP) is 3.91. The lowest BCUT2D eigenvalue weighted by Crippen LogP contribution is -2.24. The van der Waals surface area contributed by atoms with Crippen molar-refractivity contribution in [2.45, 2.75) is 31.9 Å². The number of furan rings is 1. The molecular weight excluding hydrogens is 302 g/mol. The number of ether oxygens (including phenoxy) is 1. The molecule has 3 aromatic heterocycles. The van der Waals surface area contributed by atoms with Crippen LogP contribution < -0.4 is 0 Å². The molecule has 1 aliphatic rings. The molecule has 4 heterocycles. The van der Waals surface area contributed by atoms with E-state index >= 15 is 0 Å². The summed E-state index contributed by atoms with van der Waals surface area (Å²) in [6, 6.07) is 7.40. The van der Waals surface area contributed by atoms with Gasteiger partial charge in [-0.2, -0.15) is 0 Å². The van der Waals surface area contributed by atoms with Gasteiger partial charge in [-0.15, -0.1) is 0 Å². The van der Waals surface area contributed by atoms with Crippen molar-refractivity contribution in [1.82, 2.24) is 14.5 Å². The van der Waals surface area contributed by atoms with Gasteiger partial charge in [-0.3, -0.25) is 0 Å². The molecule has 1 atom stereocenters. The van der Waals surface area contributed by atoms with E-state index in [1.807, 2.05) is 18.2 Å². The summed E-state index contributed by atoms with van der Waals surface area (Å²) >= 11 is 5.91. The van der Waals surface area contributed by atoms with Gasteiger partial charge in [0.2, 0.25) is 0 Å². The number of imidazole rings is 1. The van der Waals surface area contributed by atoms with E-state index in [1.165, 1.54) is 6.42 Å². The second kappa shape index (κ2) is 5.74. The molecule has 3 aromatic rings. The predicted molar refractivity (Wildman–Crippen MR) is 83.8 cm³/mol. The highest BCUT2D eigenvalue weighted by Gasteiger charge is 2.21. The maximum Gasteiger partial charge on any atom is 0.194 e. The minimum atomic E-state index is 0.192. The Bertz CT molecular complexity index is 790. The average molecular weight is 318 g/mol. The van der Waals surface area contributed by atoms with Crippen LogP contribution in [0.1, 0.15) is 19.3 Å². The third-order valence-corrected chi connectivity index (χ3v) is 4.16. The van der Waals surface area contributed by atoms with E-state index in [9.17, 15) is 0 Å². The Hall–Kier alpha value is -1.85. The topological polar surface area (TPSA) is 53.1 Å². The molecule has 5 nitrogen and oxygen atoms in total. The minimum absolute atomic E-state index is 0.192. The van der Waals surface area contributed by atoms with Crippen molar-refractivity contribution in [2.75, 3.05) is 6.61 Å². The van der Waals surface area contributed by atoms with E-state index in [0.717, 1.165) is 43.0 Å². The molecule has 0 radical (unpaired) electrons. The van der Waals surface area contributed by atoms with Crippen molar-refractivity contribution >= 4 is 22.8 Å². The Morgan fingerprint density at radius 3 is 3.00 bits per heavy atom. The van der Waals surface area contributed by atoms with Crippen LogP contribution in [-0.2, 0) is 11.3 Å². The van der Waals surface area contributed by atoms with Gasteiger partial charge in [0.1, 0.15) is 5.52 Å². The van der Waals surface area contributed by atoms with Gasteiger partial charge in [-0.25, -0.2) is 9.97 Å². The van der Waals surface area contributed by atoms with Crippen molar-refractivity contribution in [1.29, 1.82) is 0 Å². The summed E-state index contributed by atoms with van der Waals surface area (Å²) in [5.41, 5.74) is 1.69. The van der Waals surface area contributed by atoms with Crippen molar-refractivity contribution in [3.63, 3.8) is 0 Å². The smallest absolute Gasteiger partial charge is 0.194 e. The molecule has 1 aliphatic heterocycles. The number of fused-ring (bicyclic) bond motifs is 1. The van der Waals surface area contributed by atoms with Crippen molar-refractivity contribution in [3.8, 4) is 11.6 Å². The normalized spacial score (nSPS) is 18.9. The molecule has 1 fully saturated rings. The Labute approximate surface area is 132 Å². The molecule has 6 heteroatoms. The number of hydrogen-bond acceptors (Lipinski definition) is 4. The third-order valence-electron chi connectivity index (χ3n) is 3.96. The molecule has 1 saturated heterocycles. The first-order valence-corrected chi connectivity index (χ1v) is 7.87. The summed E-state index contributed by atoms with van der Waals surface area (Å²) in [5, 5.41) is 0.357. The largest absolute Gasteiger partial charge is 0.441 e. The number of nitrogens with zero attached hydrogens (tertiary/aromatic N) is 3. The summed E-state index contributed by atoms with van der Waals surface area (Å²) in [7, 11) is 0. The van der Waals surface area contributed by atoms with Gasteiger partial charge >= 0.3 is 0 Å². The number of rotatable bonds is 3. The molecule has 0 amide bonds. The molecule has 0 N–H and O–H groups in total. The van der Waals surface area contributed by atoms with Crippen molar-refractivity contribution in [2.24, 2.45) is 0 Å². The highest BCUT2D eigenvalue weighted by Crippen LogP contribution is 2.28. The zero-order valence-corrected chi connectivity index (χ0v) is 12.8. The first-order valence-electron chi connectivity index (χ1n) is 7.50. The van der Waals surface area contributed by atoms with Crippen LogP contribution in [0.15, 0.2) is 34.9 Å². The lowest BCUT2D eigenvalue weighted by molar-refractivity contribution is 0.00674. The summed E-state index contributed by atoms with van der Waals surface area (Å²) in [5.74, 6) is 1.40. The minimum Gasteiger partial charge on any atom is -0.441 e.